The molecule has 41 heavy (non-hydrogen) atoms. The zero-order valence-corrected chi connectivity index (χ0v) is 21.6. The molecule has 230 valence electrons. The van der Waals surface area contributed by atoms with Gasteiger partial charge in [0.15, 0.2) is 35.3 Å². The monoisotopic (exact) mass is 591 g/mol. The molecule has 17 N–H and O–H groups in total. The minimum Gasteiger partial charge on any atom is -0.479 e. The molecule has 0 heterocycles. The van der Waals surface area contributed by atoms with E-state index >= 15 is 0 Å². The molecule has 0 spiro atoms. The Labute approximate surface area is 230 Å². The lowest BCUT2D eigenvalue weighted by Gasteiger charge is -2.47. The van der Waals surface area contributed by atoms with Crippen LogP contribution in [0.15, 0.2) is 0 Å². The first-order chi connectivity index (χ1) is 19.0. The summed E-state index contributed by atoms with van der Waals surface area (Å²) in [6.07, 6.45) is -6.45. The van der Waals surface area contributed by atoms with Gasteiger partial charge in [0.2, 0.25) is 28.8 Å². The summed E-state index contributed by atoms with van der Waals surface area (Å²) >= 11 is 0. The van der Waals surface area contributed by atoms with Gasteiger partial charge in [-0.3, -0.25) is 48.2 Å². The van der Waals surface area contributed by atoms with E-state index in [0.717, 1.165) is 0 Å². The van der Waals surface area contributed by atoms with Gasteiger partial charge in [-0.1, -0.05) is 0 Å². The van der Waals surface area contributed by atoms with Crippen LogP contribution in [0.25, 0.3) is 0 Å². The third-order valence-electron chi connectivity index (χ3n) is 5.86. The maximum atomic E-state index is 14.4. The Morgan fingerprint density at radius 2 is 0.829 bits per heavy atom. The number of hydrogen-bond donors (Lipinski definition) is 10. The van der Waals surface area contributed by atoms with E-state index in [1.807, 2.05) is 0 Å². The van der Waals surface area contributed by atoms with Gasteiger partial charge in [0, 0.05) is 0 Å². The maximum absolute atomic E-state index is 14.4. The second-order valence-corrected chi connectivity index (χ2v) is 8.01. The van der Waals surface area contributed by atoms with E-state index in [4.69, 9.17) is 40.1 Å². The number of hydrogen-bond acceptors (Lipinski definition) is 18. The Kier molecular flexibility index (Phi) is 13.7. The van der Waals surface area contributed by atoms with E-state index < -0.39 is 132 Å². The third-order valence-corrected chi connectivity index (χ3v) is 5.86. The van der Waals surface area contributed by atoms with Crippen molar-refractivity contribution in [3.63, 3.8) is 0 Å². The number of rotatable bonds is 17. The number of aliphatic carboxylic acids is 1. The topological polar surface area (TPSA) is 403 Å². The molecule has 0 fully saturated rings. The first-order valence-corrected chi connectivity index (χ1v) is 11.4. The van der Waals surface area contributed by atoms with Crippen LogP contribution in [-0.4, -0.2) is 147 Å². The van der Waals surface area contributed by atoms with Gasteiger partial charge < -0.3 is 55.5 Å². The van der Waals surface area contributed by atoms with Crippen molar-refractivity contribution in [3.05, 3.63) is 0 Å². The molecule has 4 atom stereocenters. The van der Waals surface area contributed by atoms with Crippen LogP contribution in [0.3, 0.4) is 0 Å². The molecule has 21 nitrogen and oxygen atoms in total. The average molecular weight is 592 g/mol. The number of carbonyl (C=O) groups excluding carboxylic acids is 8. The summed E-state index contributed by atoms with van der Waals surface area (Å²) < 4.78 is 0. The molecule has 0 aromatic rings. The van der Waals surface area contributed by atoms with Gasteiger partial charge in [0.1, 0.15) is 0 Å². The Morgan fingerprint density at radius 3 is 1.12 bits per heavy atom. The minimum atomic E-state index is -4.10. The van der Waals surface area contributed by atoms with Crippen LogP contribution in [0.1, 0.15) is 0 Å². The van der Waals surface area contributed by atoms with E-state index in [0.29, 0.717) is 0 Å². The van der Waals surface area contributed by atoms with E-state index in [9.17, 15) is 58.5 Å². The number of amides is 4. The van der Waals surface area contributed by atoms with Gasteiger partial charge in [-0.05, 0) is 0 Å². The van der Waals surface area contributed by atoms with Crippen molar-refractivity contribution < 1.29 is 58.5 Å². The zero-order valence-electron chi connectivity index (χ0n) is 21.6. The van der Waals surface area contributed by atoms with Crippen LogP contribution in [-0.2, 0) is 43.2 Å². The van der Waals surface area contributed by atoms with Crippen molar-refractivity contribution in [3.8, 4) is 0 Å². The summed E-state index contributed by atoms with van der Waals surface area (Å²) in [7, 11) is 0. The highest BCUT2D eigenvalue weighted by Crippen LogP contribution is 2.33. The SMILES string of the molecule is NCC(=O)C(O)C(C(=O)O)(C(=O)CN)N(C(=O)CN)C(=O)C(C(=O)CN)(C(O)C(=O)CN)N(C(=O)CN)C(=O)CN. The van der Waals surface area contributed by atoms with Crippen LogP contribution in [0.2, 0.25) is 0 Å². The average Bonchev–Trinajstić information content (AvgIpc) is 2.98. The predicted molar refractivity (Wildman–Crippen MR) is 132 cm³/mol. The van der Waals surface area contributed by atoms with Crippen molar-refractivity contribution in [2.75, 3.05) is 45.8 Å². The molecular formula is C20H33N9O12. The molecule has 0 rings (SSSR count). The lowest BCUT2D eigenvalue weighted by molar-refractivity contribution is -0.190. The summed E-state index contributed by atoms with van der Waals surface area (Å²) in [5, 5.41) is 31.9. The van der Waals surface area contributed by atoms with Gasteiger partial charge in [0.25, 0.3) is 5.91 Å². The summed E-state index contributed by atoms with van der Waals surface area (Å²) in [5.41, 5.74) is 28.8. The highest BCUT2D eigenvalue weighted by Gasteiger charge is 2.69. The molecule has 0 aromatic heterocycles. The van der Waals surface area contributed by atoms with E-state index in [1.165, 1.54) is 0 Å². The maximum Gasteiger partial charge on any atom is 0.341 e. The number of imide groups is 2. The fourth-order valence-electron chi connectivity index (χ4n) is 3.91. The molecule has 4 unspecified atom stereocenters. The fraction of sp³-hybridized carbons (Fsp3) is 0.550. The first-order valence-electron chi connectivity index (χ1n) is 11.4. The van der Waals surface area contributed by atoms with Crippen molar-refractivity contribution in [1.29, 1.82) is 0 Å². The Hall–Kier alpha value is -3.93. The van der Waals surface area contributed by atoms with Crippen molar-refractivity contribution in [2.45, 2.75) is 23.3 Å². The summed E-state index contributed by atoms with van der Waals surface area (Å²) in [6.45, 7) is -9.16. The highest BCUT2D eigenvalue weighted by atomic mass is 16.4. The summed E-state index contributed by atoms with van der Waals surface area (Å²) in [5.74, 6) is -17.8. The van der Waals surface area contributed by atoms with Crippen LogP contribution < -0.4 is 40.1 Å². The van der Waals surface area contributed by atoms with Crippen LogP contribution in [0.4, 0.5) is 0 Å². The molecule has 0 saturated carbocycles. The van der Waals surface area contributed by atoms with Crippen LogP contribution >= 0.6 is 0 Å². The van der Waals surface area contributed by atoms with Gasteiger partial charge in [-0.25, -0.2) is 4.79 Å². The Bertz CT molecular complexity index is 1100. The number of ketones is 4. The molecule has 0 aromatic carbocycles. The number of aliphatic hydroxyl groups excluding tert-OH is 2. The first kappa shape index (κ1) is 37.1. The quantitative estimate of drug-likeness (QED) is 0.0701. The number of aliphatic hydroxyl groups is 2. The normalized spacial score (nSPS) is 15.3. The fourth-order valence-corrected chi connectivity index (χ4v) is 3.91. The second-order valence-electron chi connectivity index (χ2n) is 8.01. The van der Waals surface area contributed by atoms with E-state index in [2.05, 4.69) is 0 Å². The van der Waals surface area contributed by atoms with Crippen LogP contribution in [0, 0.1) is 0 Å². The molecule has 0 aliphatic carbocycles. The van der Waals surface area contributed by atoms with Crippen molar-refractivity contribution in [2.24, 2.45) is 40.1 Å². The standard InChI is InChI=1S/C20H33N9O12/c21-1-8(30)15(37)19(10(32)3-23,28(12(34)5-25)13(35)6-26)17(39)29(14(36)7-27)20(18(40)41,11(33)4-24)16(38)9(31)2-22/h15-16,37-38H,1-7,21-27H2,(H,40,41). The lowest BCUT2D eigenvalue weighted by atomic mass is 9.76. The van der Waals surface area contributed by atoms with E-state index in [1.54, 1.807) is 0 Å². The number of carboxylic acids is 1. The molecule has 21 heteroatoms. The van der Waals surface area contributed by atoms with E-state index in [-0.39, 0.29) is 0 Å². The van der Waals surface area contributed by atoms with Crippen molar-refractivity contribution >= 4 is 52.7 Å². The molecule has 0 saturated heterocycles. The highest BCUT2D eigenvalue weighted by molar-refractivity contribution is 6.27. The lowest BCUT2D eigenvalue weighted by Crippen LogP contribution is -2.82. The number of carbonyl (C=O) groups is 9. The van der Waals surface area contributed by atoms with Gasteiger partial charge in [-0.2, -0.15) is 0 Å². The number of nitrogens with zero attached hydrogens (tertiary/aromatic N) is 2. The Balaban J connectivity index is 8.64. The predicted octanol–water partition coefficient (Wildman–Crippen LogP) is -10.0. The second kappa shape index (κ2) is 15.2. The largest absolute Gasteiger partial charge is 0.479 e. The molecule has 0 aliphatic heterocycles. The summed E-state index contributed by atoms with van der Waals surface area (Å²) in [4.78, 5) is 116. The Morgan fingerprint density at radius 1 is 0.512 bits per heavy atom. The molecular weight excluding hydrogens is 558 g/mol. The van der Waals surface area contributed by atoms with Gasteiger partial charge in [-0.15, -0.1) is 0 Å². The smallest absolute Gasteiger partial charge is 0.341 e. The number of Topliss-reactive ketones (excluding diaryl/α,β-unsaturated/α-hetero) is 4. The molecule has 0 radical (unpaired) electrons. The zero-order chi connectivity index (χ0) is 32.5. The molecule has 0 aliphatic rings. The third kappa shape index (κ3) is 6.22. The molecule has 4 amide bonds. The van der Waals surface area contributed by atoms with Gasteiger partial charge >= 0.3 is 5.97 Å². The molecule has 0 bridgehead atoms. The van der Waals surface area contributed by atoms with Gasteiger partial charge in [0.05, 0.1) is 45.8 Å². The van der Waals surface area contributed by atoms with Crippen molar-refractivity contribution in [1.82, 2.24) is 9.80 Å². The number of nitrogens with two attached hydrogens (primary N) is 7. The van der Waals surface area contributed by atoms with Crippen LogP contribution in [0.5, 0.6) is 0 Å². The minimum absolute atomic E-state index is 0.448. The number of carboxylic acid groups (broad SMARTS) is 1. The summed E-state index contributed by atoms with van der Waals surface area (Å²) in [6, 6.07) is 0.